The van der Waals surface area contributed by atoms with E-state index in [9.17, 15) is 4.79 Å². The first-order valence-electron chi connectivity index (χ1n) is 5.56. The van der Waals surface area contributed by atoms with Crippen LogP contribution in [0.15, 0.2) is 24.3 Å². The minimum absolute atomic E-state index is 0.190. The largest absolute Gasteiger partial charge is 0.466 e. The van der Waals surface area contributed by atoms with Gasteiger partial charge in [0.2, 0.25) is 0 Å². The fraction of sp³-hybridized carbons (Fsp3) is 0.462. The molecule has 0 amide bonds. The second-order valence-electron chi connectivity index (χ2n) is 4.12. The maximum absolute atomic E-state index is 10.6. The Morgan fingerprint density at radius 3 is 2.75 bits per heavy atom. The predicted molar refractivity (Wildman–Crippen MR) is 66.7 cm³/mol. The molecule has 0 aromatic heterocycles. The number of hydrogen-bond donors (Lipinski definition) is 0. The molecule has 0 fully saturated rings. The number of hydrogen-bond acceptors (Lipinski definition) is 2. The first kappa shape index (κ1) is 11.6. The normalized spacial score (nSPS) is 22.1. The van der Waals surface area contributed by atoms with Crippen LogP contribution in [0.5, 0.6) is 0 Å². The Hall–Kier alpha value is -0.830. The Bertz CT molecular complexity index is 389. The van der Waals surface area contributed by atoms with Gasteiger partial charge in [0.1, 0.15) is 0 Å². The predicted octanol–water partition coefficient (Wildman–Crippen LogP) is 3.56. The van der Waals surface area contributed by atoms with Gasteiger partial charge in [-0.15, -0.1) is 0 Å². The van der Waals surface area contributed by atoms with Crippen molar-refractivity contribution in [3.05, 3.63) is 35.4 Å². The molecule has 2 atom stereocenters. The first-order chi connectivity index (χ1) is 7.70. The molecule has 0 bridgehead atoms. The first-order valence-corrected chi connectivity index (χ1v) is 6.48. The van der Waals surface area contributed by atoms with Crippen molar-refractivity contribution in [1.29, 1.82) is 0 Å². The summed E-state index contributed by atoms with van der Waals surface area (Å²) in [5.74, 6) is 0.385. The zero-order valence-electron chi connectivity index (χ0n) is 9.28. The fourth-order valence-corrected chi connectivity index (χ4v) is 3.16. The summed E-state index contributed by atoms with van der Waals surface area (Å²) in [6.45, 7) is 1.99. The highest BCUT2D eigenvalue weighted by Gasteiger charge is 2.34. The third kappa shape index (κ3) is 2.29. The van der Waals surface area contributed by atoms with Gasteiger partial charge in [-0.2, -0.15) is 0 Å². The van der Waals surface area contributed by atoms with Crippen LogP contribution in [-0.2, 0) is 9.53 Å². The van der Waals surface area contributed by atoms with Crippen LogP contribution in [0.1, 0.15) is 41.6 Å². The zero-order valence-corrected chi connectivity index (χ0v) is 10.9. The molecule has 0 heterocycles. The van der Waals surface area contributed by atoms with Gasteiger partial charge in [0, 0.05) is 17.7 Å². The van der Waals surface area contributed by atoms with Crippen molar-refractivity contribution >= 4 is 21.9 Å². The van der Waals surface area contributed by atoms with Gasteiger partial charge in [0.15, 0.2) is 0 Å². The maximum Gasteiger partial charge on any atom is 0.302 e. The summed E-state index contributed by atoms with van der Waals surface area (Å²) in [5, 5.41) is 0. The Morgan fingerprint density at radius 1 is 1.38 bits per heavy atom. The lowest BCUT2D eigenvalue weighted by Crippen LogP contribution is -2.20. The van der Waals surface area contributed by atoms with Gasteiger partial charge >= 0.3 is 5.97 Å². The lowest BCUT2D eigenvalue weighted by atomic mass is 9.75. The molecule has 1 aromatic carbocycles. The molecule has 86 valence electrons. The molecular formula is C13H15BrO2. The number of esters is 1. The van der Waals surface area contributed by atoms with Gasteiger partial charge in [-0.25, -0.2) is 0 Å². The molecule has 0 saturated heterocycles. The van der Waals surface area contributed by atoms with E-state index in [0.717, 1.165) is 12.8 Å². The summed E-state index contributed by atoms with van der Waals surface area (Å²) in [4.78, 5) is 11.1. The number of carbonyl (C=O) groups is 1. The standard InChI is InChI=1S/C13H15BrO2/c1-9(15)16-8-4-7-12-10-5-2-3-6-11(10)13(12)14/h2-3,5-6,12-13H,4,7-8H2,1H3/t12-,13-/m0/s1. The average molecular weight is 283 g/mol. The minimum atomic E-state index is -0.190. The third-order valence-electron chi connectivity index (χ3n) is 3.01. The van der Waals surface area contributed by atoms with Crippen molar-refractivity contribution in [3.8, 4) is 0 Å². The van der Waals surface area contributed by atoms with E-state index in [2.05, 4.69) is 40.2 Å². The Kier molecular flexibility index (Phi) is 3.64. The van der Waals surface area contributed by atoms with Crippen LogP contribution in [0.4, 0.5) is 0 Å². The Labute approximate surface area is 104 Å². The number of ether oxygens (including phenoxy) is 1. The highest BCUT2D eigenvalue weighted by molar-refractivity contribution is 9.09. The average Bonchev–Trinajstić information content (AvgIpc) is 2.27. The van der Waals surface area contributed by atoms with Gasteiger partial charge in [-0.3, -0.25) is 4.79 Å². The number of fused-ring (bicyclic) bond motifs is 1. The number of alkyl halides is 1. The van der Waals surface area contributed by atoms with Crippen LogP contribution < -0.4 is 0 Å². The molecule has 0 spiro atoms. The number of benzene rings is 1. The Balaban J connectivity index is 1.83. The van der Waals surface area contributed by atoms with E-state index in [1.165, 1.54) is 18.1 Å². The highest BCUT2D eigenvalue weighted by atomic mass is 79.9. The molecule has 0 radical (unpaired) electrons. The molecule has 0 aliphatic heterocycles. The van der Waals surface area contributed by atoms with E-state index in [4.69, 9.17) is 4.74 Å². The molecule has 0 saturated carbocycles. The lowest BCUT2D eigenvalue weighted by Gasteiger charge is -2.36. The molecule has 0 N–H and O–H groups in total. The molecule has 0 unspecified atom stereocenters. The zero-order chi connectivity index (χ0) is 11.5. The molecule has 1 aliphatic rings. The second-order valence-corrected chi connectivity index (χ2v) is 5.11. The van der Waals surface area contributed by atoms with Crippen LogP contribution in [0, 0.1) is 0 Å². The second kappa shape index (κ2) is 5.00. The summed E-state index contributed by atoms with van der Waals surface area (Å²) in [6.07, 6.45) is 2.00. The summed E-state index contributed by atoms with van der Waals surface area (Å²) < 4.78 is 4.93. The van der Waals surface area contributed by atoms with Crippen LogP contribution >= 0.6 is 15.9 Å². The maximum atomic E-state index is 10.6. The monoisotopic (exact) mass is 282 g/mol. The van der Waals surface area contributed by atoms with E-state index in [1.54, 1.807) is 0 Å². The SMILES string of the molecule is CC(=O)OCCC[C@H]1c2ccccc2[C@@H]1Br. The molecular weight excluding hydrogens is 268 g/mol. The quantitative estimate of drug-likeness (QED) is 0.480. The van der Waals surface area contributed by atoms with Crippen LogP contribution in [0.25, 0.3) is 0 Å². The molecule has 1 aromatic rings. The van der Waals surface area contributed by atoms with Crippen molar-refractivity contribution in [2.75, 3.05) is 6.61 Å². The smallest absolute Gasteiger partial charge is 0.302 e. The van der Waals surface area contributed by atoms with E-state index in [0.29, 0.717) is 17.4 Å². The Morgan fingerprint density at radius 2 is 2.06 bits per heavy atom. The van der Waals surface area contributed by atoms with Crippen molar-refractivity contribution in [1.82, 2.24) is 0 Å². The summed E-state index contributed by atoms with van der Waals surface area (Å²) in [7, 11) is 0. The topological polar surface area (TPSA) is 26.3 Å². The molecule has 2 rings (SSSR count). The summed E-state index contributed by atoms with van der Waals surface area (Å²) >= 11 is 3.70. The van der Waals surface area contributed by atoms with Crippen molar-refractivity contribution in [3.63, 3.8) is 0 Å². The van der Waals surface area contributed by atoms with Crippen LogP contribution in [0.2, 0.25) is 0 Å². The van der Waals surface area contributed by atoms with Gasteiger partial charge in [0.05, 0.1) is 6.61 Å². The lowest BCUT2D eigenvalue weighted by molar-refractivity contribution is -0.141. The molecule has 3 heteroatoms. The van der Waals surface area contributed by atoms with Crippen LogP contribution in [0.3, 0.4) is 0 Å². The third-order valence-corrected chi connectivity index (χ3v) is 4.14. The van der Waals surface area contributed by atoms with E-state index in [1.807, 2.05) is 0 Å². The van der Waals surface area contributed by atoms with E-state index < -0.39 is 0 Å². The fourth-order valence-electron chi connectivity index (χ4n) is 2.20. The van der Waals surface area contributed by atoms with Gasteiger partial charge < -0.3 is 4.74 Å². The summed E-state index contributed by atoms with van der Waals surface area (Å²) in [6, 6.07) is 8.50. The minimum Gasteiger partial charge on any atom is -0.466 e. The number of halogens is 1. The van der Waals surface area contributed by atoms with Gasteiger partial charge in [-0.1, -0.05) is 40.2 Å². The van der Waals surface area contributed by atoms with Gasteiger partial charge in [-0.05, 0) is 24.0 Å². The number of carbonyl (C=O) groups excluding carboxylic acids is 1. The van der Waals surface area contributed by atoms with Crippen molar-refractivity contribution < 1.29 is 9.53 Å². The molecule has 16 heavy (non-hydrogen) atoms. The van der Waals surface area contributed by atoms with Crippen LogP contribution in [-0.4, -0.2) is 12.6 Å². The molecule has 2 nitrogen and oxygen atoms in total. The molecule has 1 aliphatic carbocycles. The number of rotatable bonds is 4. The van der Waals surface area contributed by atoms with E-state index in [-0.39, 0.29) is 5.97 Å². The highest BCUT2D eigenvalue weighted by Crippen LogP contribution is 2.52. The van der Waals surface area contributed by atoms with Crippen molar-refractivity contribution in [2.24, 2.45) is 0 Å². The van der Waals surface area contributed by atoms with E-state index >= 15 is 0 Å². The van der Waals surface area contributed by atoms with Crippen molar-refractivity contribution in [2.45, 2.75) is 30.5 Å². The summed E-state index contributed by atoms with van der Waals surface area (Å²) in [5.41, 5.74) is 2.84. The van der Waals surface area contributed by atoms with Gasteiger partial charge in [0.25, 0.3) is 0 Å².